The number of halogens is 1. The van der Waals surface area contributed by atoms with Gasteiger partial charge in [0.05, 0.1) is 13.0 Å². The SMILES string of the molecule is COc1ccc(Br)cc1/C=C/C(=O)N1CCC(C(=O)O)CC1. The van der Waals surface area contributed by atoms with Crippen LogP contribution in [0.4, 0.5) is 0 Å². The Kier molecular flexibility index (Phi) is 5.60. The van der Waals surface area contributed by atoms with Gasteiger partial charge in [0.25, 0.3) is 0 Å². The largest absolute Gasteiger partial charge is 0.496 e. The van der Waals surface area contributed by atoms with E-state index in [1.54, 1.807) is 18.1 Å². The molecule has 1 fully saturated rings. The van der Waals surface area contributed by atoms with Gasteiger partial charge in [-0.25, -0.2) is 0 Å². The number of methoxy groups -OCH3 is 1. The number of ether oxygens (including phenoxy) is 1. The van der Waals surface area contributed by atoms with Gasteiger partial charge in [-0.1, -0.05) is 15.9 Å². The smallest absolute Gasteiger partial charge is 0.306 e. The Balaban J connectivity index is 2.00. The highest BCUT2D eigenvalue weighted by Gasteiger charge is 2.25. The van der Waals surface area contributed by atoms with Crippen LogP contribution in [0.1, 0.15) is 18.4 Å². The molecule has 0 aliphatic carbocycles. The van der Waals surface area contributed by atoms with Crippen LogP contribution in [0.2, 0.25) is 0 Å². The van der Waals surface area contributed by atoms with Gasteiger partial charge in [0.2, 0.25) is 5.91 Å². The van der Waals surface area contributed by atoms with Crippen molar-refractivity contribution in [1.82, 2.24) is 4.90 Å². The number of carboxylic acid groups (broad SMARTS) is 1. The highest BCUT2D eigenvalue weighted by Crippen LogP contribution is 2.24. The molecule has 22 heavy (non-hydrogen) atoms. The number of carbonyl (C=O) groups is 2. The van der Waals surface area contributed by atoms with E-state index in [-0.39, 0.29) is 11.8 Å². The van der Waals surface area contributed by atoms with Gasteiger partial charge in [-0.2, -0.15) is 0 Å². The van der Waals surface area contributed by atoms with Gasteiger partial charge in [-0.05, 0) is 37.1 Å². The Morgan fingerprint density at radius 2 is 2.05 bits per heavy atom. The fourth-order valence-electron chi connectivity index (χ4n) is 2.45. The molecular formula is C16H18BrNO4. The monoisotopic (exact) mass is 367 g/mol. The number of piperidine rings is 1. The number of carboxylic acids is 1. The highest BCUT2D eigenvalue weighted by atomic mass is 79.9. The molecule has 5 nitrogen and oxygen atoms in total. The number of aliphatic carboxylic acids is 1. The third-order valence-electron chi connectivity index (χ3n) is 3.75. The molecule has 1 heterocycles. The second kappa shape index (κ2) is 7.45. The first kappa shape index (κ1) is 16.5. The zero-order chi connectivity index (χ0) is 16.1. The molecular weight excluding hydrogens is 350 g/mol. The average Bonchev–Trinajstić information content (AvgIpc) is 2.52. The van der Waals surface area contributed by atoms with Crippen LogP contribution < -0.4 is 4.74 Å². The molecule has 1 amide bonds. The minimum absolute atomic E-state index is 0.106. The molecule has 1 aromatic rings. The Bertz CT molecular complexity index is 592. The summed E-state index contributed by atoms with van der Waals surface area (Å²) in [6.07, 6.45) is 4.24. The fourth-order valence-corrected chi connectivity index (χ4v) is 2.83. The van der Waals surface area contributed by atoms with Crippen molar-refractivity contribution in [2.24, 2.45) is 5.92 Å². The summed E-state index contributed by atoms with van der Waals surface area (Å²) in [6.45, 7) is 0.964. The lowest BCUT2D eigenvalue weighted by atomic mass is 9.97. The van der Waals surface area contributed by atoms with E-state index < -0.39 is 5.97 Å². The molecule has 1 aliphatic rings. The van der Waals surface area contributed by atoms with Crippen LogP contribution in [-0.2, 0) is 9.59 Å². The number of carbonyl (C=O) groups excluding carboxylic acids is 1. The third kappa shape index (κ3) is 4.10. The molecule has 0 radical (unpaired) electrons. The molecule has 2 rings (SSSR count). The third-order valence-corrected chi connectivity index (χ3v) is 4.25. The van der Waals surface area contributed by atoms with E-state index >= 15 is 0 Å². The first-order chi connectivity index (χ1) is 10.5. The number of amides is 1. The predicted octanol–water partition coefficient (Wildman–Crippen LogP) is 2.79. The number of likely N-dealkylation sites (tertiary alicyclic amines) is 1. The van der Waals surface area contributed by atoms with Crippen molar-refractivity contribution in [3.05, 3.63) is 34.3 Å². The average molecular weight is 368 g/mol. The summed E-state index contributed by atoms with van der Waals surface area (Å²) in [4.78, 5) is 24.8. The first-order valence-electron chi connectivity index (χ1n) is 7.04. The molecule has 0 atom stereocenters. The summed E-state index contributed by atoms with van der Waals surface area (Å²) in [5.74, 6) is -0.526. The Hall–Kier alpha value is -1.82. The van der Waals surface area contributed by atoms with Crippen LogP contribution in [0.3, 0.4) is 0 Å². The van der Waals surface area contributed by atoms with Crippen LogP contribution in [0.15, 0.2) is 28.7 Å². The topological polar surface area (TPSA) is 66.8 Å². The summed E-state index contributed by atoms with van der Waals surface area (Å²) < 4.78 is 6.16. The Morgan fingerprint density at radius 3 is 2.64 bits per heavy atom. The van der Waals surface area contributed by atoms with E-state index in [9.17, 15) is 9.59 Å². The van der Waals surface area contributed by atoms with Crippen molar-refractivity contribution in [1.29, 1.82) is 0 Å². The van der Waals surface area contributed by atoms with Crippen LogP contribution in [0.5, 0.6) is 5.75 Å². The van der Waals surface area contributed by atoms with Crippen LogP contribution in [0.25, 0.3) is 6.08 Å². The molecule has 0 aromatic heterocycles. The van der Waals surface area contributed by atoms with Crippen molar-refractivity contribution < 1.29 is 19.4 Å². The summed E-state index contributed by atoms with van der Waals surface area (Å²) in [6, 6.07) is 5.57. The summed E-state index contributed by atoms with van der Waals surface area (Å²) in [5, 5.41) is 8.96. The summed E-state index contributed by atoms with van der Waals surface area (Å²) in [7, 11) is 1.58. The Morgan fingerprint density at radius 1 is 1.36 bits per heavy atom. The van der Waals surface area contributed by atoms with Crippen LogP contribution in [-0.4, -0.2) is 42.1 Å². The quantitative estimate of drug-likeness (QED) is 0.830. The number of nitrogens with zero attached hydrogens (tertiary/aromatic N) is 1. The van der Waals surface area contributed by atoms with Crippen molar-refractivity contribution in [3.8, 4) is 5.75 Å². The van der Waals surface area contributed by atoms with Crippen molar-refractivity contribution in [3.63, 3.8) is 0 Å². The molecule has 1 aromatic carbocycles. The van der Waals surface area contributed by atoms with Gasteiger partial charge in [-0.3, -0.25) is 9.59 Å². The highest BCUT2D eigenvalue weighted by molar-refractivity contribution is 9.10. The standard InChI is InChI=1S/C16H18BrNO4/c1-22-14-4-3-13(17)10-12(14)2-5-15(19)18-8-6-11(7-9-18)16(20)21/h2-5,10-11H,6-9H2,1H3,(H,20,21)/b5-2+. The maximum absolute atomic E-state index is 12.2. The lowest BCUT2D eigenvalue weighted by Gasteiger charge is -2.29. The van der Waals surface area contributed by atoms with Gasteiger partial charge in [0.15, 0.2) is 0 Å². The molecule has 118 valence electrons. The summed E-state index contributed by atoms with van der Waals surface area (Å²) in [5.41, 5.74) is 0.811. The van der Waals surface area contributed by atoms with E-state index in [0.717, 1.165) is 10.0 Å². The minimum Gasteiger partial charge on any atom is -0.496 e. The number of hydrogen-bond acceptors (Lipinski definition) is 3. The number of hydrogen-bond donors (Lipinski definition) is 1. The molecule has 0 bridgehead atoms. The van der Waals surface area contributed by atoms with Gasteiger partial charge < -0.3 is 14.7 Å². The maximum atomic E-state index is 12.2. The molecule has 0 spiro atoms. The van der Waals surface area contributed by atoms with Crippen molar-refractivity contribution >= 4 is 33.9 Å². The van der Waals surface area contributed by atoms with E-state index in [1.807, 2.05) is 18.2 Å². The van der Waals surface area contributed by atoms with E-state index in [1.165, 1.54) is 6.08 Å². The second-order valence-electron chi connectivity index (χ2n) is 5.16. The Labute approximate surface area is 137 Å². The van der Waals surface area contributed by atoms with Gasteiger partial charge >= 0.3 is 5.97 Å². The lowest BCUT2D eigenvalue weighted by Crippen LogP contribution is -2.39. The fraction of sp³-hybridized carbons (Fsp3) is 0.375. The predicted molar refractivity (Wildman–Crippen MR) is 86.7 cm³/mol. The van der Waals surface area contributed by atoms with E-state index in [2.05, 4.69) is 15.9 Å². The number of benzene rings is 1. The number of rotatable bonds is 4. The molecule has 1 saturated heterocycles. The normalized spacial score (nSPS) is 16.0. The first-order valence-corrected chi connectivity index (χ1v) is 7.84. The molecule has 0 saturated carbocycles. The maximum Gasteiger partial charge on any atom is 0.306 e. The minimum atomic E-state index is -0.776. The molecule has 6 heteroatoms. The van der Waals surface area contributed by atoms with Crippen molar-refractivity contribution in [2.75, 3.05) is 20.2 Å². The lowest BCUT2D eigenvalue weighted by molar-refractivity contribution is -0.144. The van der Waals surface area contributed by atoms with E-state index in [4.69, 9.17) is 9.84 Å². The van der Waals surface area contributed by atoms with Gasteiger partial charge in [0.1, 0.15) is 5.75 Å². The van der Waals surface area contributed by atoms with Gasteiger partial charge in [-0.15, -0.1) is 0 Å². The zero-order valence-electron chi connectivity index (χ0n) is 12.3. The zero-order valence-corrected chi connectivity index (χ0v) is 13.9. The molecule has 1 N–H and O–H groups in total. The molecule has 1 aliphatic heterocycles. The van der Waals surface area contributed by atoms with Crippen LogP contribution in [0, 0.1) is 5.92 Å². The van der Waals surface area contributed by atoms with Gasteiger partial charge in [0, 0.05) is 29.2 Å². The van der Waals surface area contributed by atoms with E-state index in [0.29, 0.717) is 31.7 Å². The molecule has 0 unspecified atom stereocenters. The van der Waals surface area contributed by atoms with Crippen molar-refractivity contribution in [2.45, 2.75) is 12.8 Å². The van der Waals surface area contributed by atoms with Crippen LogP contribution >= 0.6 is 15.9 Å². The summed E-state index contributed by atoms with van der Waals surface area (Å²) >= 11 is 3.39. The second-order valence-corrected chi connectivity index (χ2v) is 6.07.